The van der Waals surface area contributed by atoms with Gasteiger partial charge in [0.05, 0.1) is 31.4 Å². The summed E-state index contributed by atoms with van der Waals surface area (Å²) in [4.78, 5) is 23.7. The number of hydrogen-bond acceptors (Lipinski definition) is 10. The molecule has 2 N–H and O–H groups in total. The molecule has 4 aromatic rings. The zero-order chi connectivity index (χ0) is 44.2. The van der Waals surface area contributed by atoms with Crippen molar-refractivity contribution in [2.75, 3.05) is 39.3 Å². The molecule has 0 spiro atoms. The fourth-order valence-electron chi connectivity index (χ4n) is 9.86. The van der Waals surface area contributed by atoms with Gasteiger partial charge in [-0.25, -0.2) is 4.79 Å². The van der Waals surface area contributed by atoms with Crippen LogP contribution in [0.2, 0.25) is 0 Å². The third-order valence-corrected chi connectivity index (χ3v) is 13.4. The van der Waals surface area contributed by atoms with Gasteiger partial charge in [0.15, 0.2) is 0 Å². The molecule has 63 heavy (non-hydrogen) atoms. The minimum Gasteiger partial charge on any atom is -0.459 e. The molecule has 0 aromatic heterocycles. The van der Waals surface area contributed by atoms with Crippen LogP contribution in [0.25, 0.3) is 10.8 Å². The lowest BCUT2D eigenvalue weighted by molar-refractivity contribution is -0.256. The number of carbonyl (C=O) groups is 1. The minimum atomic E-state index is -1.44. The first-order chi connectivity index (χ1) is 30.9. The summed E-state index contributed by atoms with van der Waals surface area (Å²) in [6.07, 6.45) is 12.8. The Balaban J connectivity index is 1.45. The Hall–Kier alpha value is -5.07. The van der Waals surface area contributed by atoms with Crippen molar-refractivity contribution in [3.05, 3.63) is 133 Å². The summed E-state index contributed by atoms with van der Waals surface area (Å²) < 4.78 is 27.2. The van der Waals surface area contributed by atoms with Gasteiger partial charge < -0.3 is 34.0 Å². The van der Waals surface area contributed by atoms with E-state index in [0.717, 1.165) is 69.5 Å². The number of carbonyl (C=O) groups excluding carboxylic acids is 1. The van der Waals surface area contributed by atoms with E-state index in [4.69, 9.17) is 28.9 Å². The van der Waals surface area contributed by atoms with E-state index in [1.165, 1.54) is 0 Å². The van der Waals surface area contributed by atoms with Gasteiger partial charge in [-0.15, -0.1) is 24.9 Å². The number of ether oxygens (including phenoxy) is 4. The number of aliphatic hydroxyl groups is 2. The lowest BCUT2D eigenvalue weighted by atomic mass is 9.55. The van der Waals surface area contributed by atoms with E-state index in [1.54, 1.807) is 28.8 Å². The number of rotatable bonds is 22. The summed E-state index contributed by atoms with van der Waals surface area (Å²) in [5, 5.41) is 26.9. The maximum absolute atomic E-state index is 14.8. The molecule has 4 aromatic carbocycles. The van der Waals surface area contributed by atoms with Crippen LogP contribution >= 0.6 is 11.8 Å². The molecule has 1 aliphatic heterocycles. The van der Waals surface area contributed by atoms with Gasteiger partial charge in [-0.3, -0.25) is 4.90 Å². The van der Waals surface area contributed by atoms with E-state index in [0.29, 0.717) is 37.4 Å². The average Bonchev–Trinajstić information content (AvgIpc) is 3.31. The van der Waals surface area contributed by atoms with Gasteiger partial charge in [0, 0.05) is 36.0 Å². The van der Waals surface area contributed by atoms with Crippen molar-refractivity contribution in [2.24, 2.45) is 22.9 Å². The van der Waals surface area contributed by atoms with Crippen molar-refractivity contribution >= 4 is 34.3 Å². The van der Waals surface area contributed by atoms with Gasteiger partial charge in [0.1, 0.15) is 29.9 Å². The van der Waals surface area contributed by atoms with Gasteiger partial charge in [-0.1, -0.05) is 78.7 Å². The summed E-state index contributed by atoms with van der Waals surface area (Å²) in [7, 11) is 0. The number of allylic oxidation sites excluding steroid dienone is 1. The predicted molar refractivity (Wildman–Crippen MR) is 251 cm³/mol. The van der Waals surface area contributed by atoms with Crippen LogP contribution in [0.4, 0.5) is 4.79 Å². The molecule has 0 saturated heterocycles. The number of nitrogens with zero attached hydrogens (tertiary/aromatic N) is 2. The number of thioether (sulfide) groups is 1. The van der Waals surface area contributed by atoms with Crippen LogP contribution in [0, 0.1) is 17.8 Å². The molecule has 6 atom stereocenters. The highest BCUT2D eigenvalue weighted by molar-refractivity contribution is 7.98. The predicted octanol–water partition coefficient (Wildman–Crippen LogP) is 11.2. The lowest BCUT2D eigenvalue weighted by Gasteiger charge is -2.59. The number of fused-ring (bicyclic) bond motifs is 3. The van der Waals surface area contributed by atoms with E-state index in [9.17, 15) is 15.0 Å². The monoisotopic (exact) mass is 874 g/mol. The molecule has 0 radical (unpaired) electrons. The summed E-state index contributed by atoms with van der Waals surface area (Å²) in [6.45, 7) is 10.9. The maximum Gasteiger partial charge on any atom is 0.410 e. The van der Waals surface area contributed by atoms with Crippen molar-refractivity contribution in [3.63, 3.8) is 0 Å². The molecule has 1 fully saturated rings. The third-order valence-electron chi connectivity index (χ3n) is 12.6. The lowest BCUT2D eigenvalue weighted by Crippen LogP contribution is -2.70. The zero-order valence-corrected chi connectivity index (χ0v) is 37.5. The minimum absolute atomic E-state index is 0.0626. The summed E-state index contributed by atoms with van der Waals surface area (Å²) >= 11 is 1.68. The molecular formula is C52H62N2O8S. The van der Waals surface area contributed by atoms with Gasteiger partial charge in [0.25, 0.3) is 0 Å². The molecule has 1 heterocycles. The first-order valence-electron chi connectivity index (χ1n) is 22.4. The van der Waals surface area contributed by atoms with Crippen LogP contribution in [-0.2, 0) is 20.9 Å². The van der Waals surface area contributed by atoms with Crippen molar-refractivity contribution in [1.82, 2.24) is 4.90 Å². The molecule has 7 rings (SSSR count). The van der Waals surface area contributed by atoms with Gasteiger partial charge in [0.2, 0.25) is 5.79 Å². The van der Waals surface area contributed by atoms with Crippen molar-refractivity contribution < 1.29 is 38.8 Å². The highest BCUT2D eigenvalue weighted by Crippen LogP contribution is 2.62. The Labute approximate surface area is 376 Å². The average molecular weight is 875 g/mol. The highest BCUT2D eigenvalue weighted by atomic mass is 32.2. The van der Waals surface area contributed by atoms with E-state index >= 15 is 0 Å². The quantitative estimate of drug-likeness (QED) is 0.0344. The van der Waals surface area contributed by atoms with Crippen molar-refractivity contribution in [2.45, 2.75) is 87.5 Å². The van der Waals surface area contributed by atoms with Crippen molar-refractivity contribution in [3.8, 4) is 17.2 Å². The Morgan fingerprint density at radius 1 is 0.952 bits per heavy atom. The number of oxime groups is 1. The molecule has 0 bridgehead atoms. The van der Waals surface area contributed by atoms with E-state index in [1.807, 2.05) is 67.8 Å². The number of hydrogen-bond donors (Lipinski definition) is 2. The molecule has 3 aliphatic rings. The second-order valence-electron chi connectivity index (χ2n) is 16.4. The largest absolute Gasteiger partial charge is 0.459 e. The maximum atomic E-state index is 14.8. The summed E-state index contributed by atoms with van der Waals surface area (Å²) in [5.74, 6) is 0.0917. The Bertz CT molecular complexity index is 2240. The second-order valence-corrected chi connectivity index (χ2v) is 17.3. The first-order valence-corrected chi connectivity index (χ1v) is 23.6. The number of unbranched alkanes of at least 4 members (excludes halogenated alkanes) is 2. The fraction of sp³-hybridized carbons (Fsp3) is 0.423. The van der Waals surface area contributed by atoms with Crippen LogP contribution in [0.5, 0.6) is 17.2 Å². The first kappa shape index (κ1) is 45.9. The smallest absolute Gasteiger partial charge is 0.410 e. The standard InChI is InChI=1S/C52H62N2O8S/c1-5-8-31-58-51(57)54(35-38-19-15-18-36-16-9-10-20-42(36)38)48-34-46(53-60-7-3)44-32-37(17-11-13-28-55)43(21-12-14-29-56)49-45-33-40(61-39-22-25-41(63-4)26-23-39)24-27-47(45)62-52(48,50(44)49)59-30-6-2/h5-6,9-10,15-16,18-20,22-27,32-33,37,43,48-50,55-56H,1-2,7-8,11-14,17,21,28-31,34-35H2,3-4H3/t37-,43+,48-,49+,50+,52+/m0/s1. The zero-order valence-electron chi connectivity index (χ0n) is 36.7. The van der Waals surface area contributed by atoms with Gasteiger partial charge in [-0.05, 0) is 121 Å². The van der Waals surface area contributed by atoms with Gasteiger partial charge in [-0.2, -0.15) is 0 Å². The fourth-order valence-corrected chi connectivity index (χ4v) is 10.3. The number of aliphatic hydroxyl groups excluding tert-OH is 2. The molecule has 0 unspecified atom stereocenters. The molecule has 2 aliphatic carbocycles. The topological polar surface area (TPSA) is 119 Å². The molecule has 11 heteroatoms. The second kappa shape index (κ2) is 22.0. The normalized spacial score (nSPS) is 22.9. The molecule has 1 saturated carbocycles. The molecule has 334 valence electrons. The van der Waals surface area contributed by atoms with Crippen LogP contribution in [-0.4, -0.2) is 78.0 Å². The Morgan fingerprint density at radius 2 is 1.71 bits per heavy atom. The SMILES string of the molecule is C=CCCOC(=O)N(Cc1cccc2ccccc12)[C@H]1CC(=NOCC)C2=C[C@H](CCCCO)[C@@H](CCCCO)[C@@H]3c4cc(Oc5ccc(SC)cc5)ccc4O[C@@]1(OCC=C)[C@H]23. The Kier molecular flexibility index (Phi) is 16.1. The summed E-state index contributed by atoms with van der Waals surface area (Å²) in [5.41, 5.74) is 3.63. The van der Waals surface area contributed by atoms with E-state index in [2.05, 4.69) is 49.6 Å². The van der Waals surface area contributed by atoms with Crippen LogP contribution < -0.4 is 9.47 Å². The molecule has 10 nitrogen and oxygen atoms in total. The van der Waals surface area contributed by atoms with E-state index in [-0.39, 0.29) is 57.1 Å². The Morgan fingerprint density at radius 3 is 2.46 bits per heavy atom. The summed E-state index contributed by atoms with van der Waals surface area (Å²) in [6, 6.07) is 27.6. The van der Waals surface area contributed by atoms with Crippen molar-refractivity contribution in [1.29, 1.82) is 0 Å². The number of benzene rings is 4. The molecular weight excluding hydrogens is 813 g/mol. The van der Waals surface area contributed by atoms with E-state index < -0.39 is 23.8 Å². The number of amides is 1. The van der Waals surface area contributed by atoms with Crippen LogP contribution in [0.3, 0.4) is 0 Å². The van der Waals surface area contributed by atoms with Crippen LogP contribution in [0.1, 0.15) is 75.3 Å². The highest BCUT2D eigenvalue weighted by Gasteiger charge is 2.65. The van der Waals surface area contributed by atoms with Crippen LogP contribution in [0.15, 0.2) is 132 Å². The van der Waals surface area contributed by atoms with Gasteiger partial charge >= 0.3 is 6.09 Å². The molecule has 1 amide bonds. The third kappa shape index (κ3) is 10.2.